The number of aliphatic hydroxyl groups is 1. The molecule has 0 aromatic heterocycles. The van der Waals surface area contributed by atoms with Crippen molar-refractivity contribution in [1.82, 2.24) is 9.80 Å². The Hall–Kier alpha value is -2.32. The maximum atomic E-state index is 14.1. The van der Waals surface area contributed by atoms with Crippen molar-refractivity contribution in [3.05, 3.63) is 56.6 Å². The van der Waals surface area contributed by atoms with Crippen LogP contribution in [0.1, 0.15) is 73.0 Å². The fraction of sp³-hybridized carbons (Fsp3) is 0.588. The highest BCUT2D eigenvalue weighted by atomic mass is 35.5. The van der Waals surface area contributed by atoms with Gasteiger partial charge < -0.3 is 19.8 Å². The van der Waals surface area contributed by atoms with Crippen molar-refractivity contribution in [2.45, 2.75) is 82.4 Å². The first-order chi connectivity index (χ1) is 20.6. The van der Waals surface area contributed by atoms with Crippen LogP contribution in [0.25, 0.3) is 0 Å². The molecular formula is C34H40Cl2N2O5. The van der Waals surface area contributed by atoms with E-state index in [1.807, 2.05) is 17.0 Å². The second-order valence-corrected chi connectivity index (χ2v) is 14.7. The number of amides is 1. The van der Waals surface area contributed by atoms with Crippen molar-refractivity contribution < 1.29 is 24.5 Å². The maximum Gasteiger partial charge on any atom is 0.227 e. The third kappa shape index (κ3) is 4.77. The number of rotatable bonds is 9. The van der Waals surface area contributed by atoms with Gasteiger partial charge in [0.1, 0.15) is 12.7 Å². The quantitative estimate of drug-likeness (QED) is 0.361. The number of ketones is 1. The van der Waals surface area contributed by atoms with Gasteiger partial charge in [0.15, 0.2) is 17.3 Å². The molecule has 2 bridgehead atoms. The minimum absolute atomic E-state index is 0.0191. The van der Waals surface area contributed by atoms with Crippen molar-refractivity contribution in [2.75, 3.05) is 26.2 Å². The summed E-state index contributed by atoms with van der Waals surface area (Å²) in [5.41, 5.74) is 2.69. The standard InChI is InChI=1S/C34H40Cl2N2O5/c1-18(2)15-38(29(41)12-20-5-7-24(35)25(36)11-20)26-8-6-23-27-14-21-13-22(28(40)17-39)31(42)32-30(21)34(23,33(26)43-32)9-10-37(27)16-19-3-4-19/h5,7,11,13,18-19,23,26-27,33,39,42H,3-4,6,8-10,12,14-17H2,1-2H3/t23-,26?,27+,33?,34-/m0/s1. The molecule has 5 atom stereocenters. The topological polar surface area (TPSA) is 90.3 Å². The van der Waals surface area contributed by atoms with Crippen molar-refractivity contribution in [2.24, 2.45) is 17.8 Å². The first-order valence-corrected chi connectivity index (χ1v) is 16.6. The van der Waals surface area contributed by atoms with Crippen molar-refractivity contribution >= 4 is 34.9 Å². The second kappa shape index (κ2) is 10.9. The van der Waals surface area contributed by atoms with E-state index >= 15 is 0 Å². The molecule has 3 aliphatic carbocycles. The predicted octanol–water partition coefficient (Wildman–Crippen LogP) is 5.42. The number of hydrogen-bond acceptors (Lipinski definition) is 6. The Morgan fingerprint density at radius 3 is 2.63 bits per heavy atom. The summed E-state index contributed by atoms with van der Waals surface area (Å²) < 4.78 is 6.85. The highest BCUT2D eigenvalue weighted by Gasteiger charge is 2.67. The van der Waals surface area contributed by atoms with E-state index in [1.54, 1.807) is 12.1 Å². The molecule has 1 amide bonds. The number of benzene rings is 2. The summed E-state index contributed by atoms with van der Waals surface area (Å²) in [6, 6.07) is 7.30. The average molecular weight is 628 g/mol. The number of phenols is 1. The molecule has 230 valence electrons. The number of aromatic hydroxyl groups is 1. The molecule has 1 spiro atoms. The molecule has 43 heavy (non-hydrogen) atoms. The molecule has 2 aromatic rings. The first kappa shape index (κ1) is 29.4. The van der Waals surface area contributed by atoms with Gasteiger partial charge in [-0.3, -0.25) is 14.5 Å². The van der Waals surface area contributed by atoms with E-state index in [2.05, 4.69) is 18.7 Å². The van der Waals surface area contributed by atoms with Crippen LogP contribution in [0.15, 0.2) is 24.3 Å². The number of Topliss-reactive ketones (excluding diaryl/α,β-unsaturated/α-hetero) is 1. The number of aliphatic hydroxyl groups excluding tert-OH is 1. The van der Waals surface area contributed by atoms with Gasteiger partial charge >= 0.3 is 0 Å². The number of ether oxygens (including phenoxy) is 1. The number of piperidine rings is 1. The normalized spacial score (nSPS) is 28.9. The molecule has 7 nitrogen and oxygen atoms in total. The number of phenolic OH excluding ortho intramolecular Hbond substituents is 1. The smallest absolute Gasteiger partial charge is 0.227 e. The lowest BCUT2D eigenvalue weighted by Gasteiger charge is -2.60. The zero-order chi connectivity index (χ0) is 30.2. The summed E-state index contributed by atoms with van der Waals surface area (Å²) in [6.07, 6.45) is 5.96. The van der Waals surface area contributed by atoms with Gasteiger partial charge in [-0.2, -0.15) is 0 Å². The number of nitrogens with zero attached hydrogens (tertiary/aromatic N) is 2. The van der Waals surface area contributed by atoms with Crippen LogP contribution in [-0.2, 0) is 23.1 Å². The van der Waals surface area contributed by atoms with E-state index in [0.29, 0.717) is 34.3 Å². The van der Waals surface area contributed by atoms with Crippen LogP contribution in [0, 0.1) is 17.8 Å². The molecule has 5 aliphatic rings. The molecule has 2 heterocycles. The summed E-state index contributed by atoms with van der Waals surface area (Å²) >= 11 is 12.4. The maximum absolute atomic E-state index is 14.1. The van der Waals surface area contributed by atoms with Crippen molar-refractivity contribution in [1.29, 1.82) is 0 Å². The lowest BCUT2D eigenvalue weighted by molar-refractivity contribution is -0.143. The van der Waals surface area contributed by atoms with E-state index in [1.165, 1.54) is 12.8 Å². The van der Waals surface area contributed by atoms with Gasteiger partial charge in [0.2, 0.25) is 5.91 Å². The van der Waals surface area contributed by atoms with Gasteiger partial charge in [0.05, 0.1) is 28.1 Å². The Balaban J connectivity index is 1.30. The Morgan fingerprint density at radius 2 is 1.93 bits per heavy atom. The van der Waals surface area contributed by atoms with Crippen LogP contribution >= 0.6 is 23.2 Å². The fourth-order valence-corrected chi connectivity index (χ4v) is 9.21. The SMILES string of the molecule is CC(C)CN(C(=O)Cc1ccc(Cl)c(Cl)c1)C1CC[C@H]2[C@H]3Cc4cc(C(=O)CO)c(O)c5c4[C@@]2(CCN3CC2CC2)C1O5. The summed E-state index contributed by atoms with van der Waals surface area (Å²) in [6.45, 7) is 6.23. The molecule has 1 saturated heterocycles. The first-order valence-electron chi connectivity index (χ1n) is 15.8. The van der Waals surface area contributed by atoms with Crippen LogP contribution in [0.3, 0.4) is 0 Å². The molecule has 9 heteroatoms. The molecule has 7 rings (SSSR count). The predicted molar refractivity (Wildman–Crippen MR) is 165 cm³/mol. The number of halogens is 2. The molecule has 0 radical (unpaired) electrons. The van der Waals surface area contributed by atoms with Gasteiger partial charge in [-0.05, 0) is 92.1 Å². The summed E-state index contributed by atoms with van der Waals surface area (Å²) in [5, 5.41) is 22.0. The number of carbonyl (C=O) groups is 2. The Morgan fingerprint density at radius 1 is 1.14 bits per heavy atom. The molecule has 2 N–H and O–H groups in total. The van der Waals surface area contributed by atoms with E-state index in [0.717, 1.165) is 61.4 Å². The zero-order valence-corrected chi connectivity index (χ0v) is 26.3. The molecule has 2 aromatic carbocycles. The molecular weight excluding hydrogens is 587 g/mol. The monoisotopic (exact) mass is 626 g/mol. The van der Waals surface area contributed by atoms with E-state index in [4.69, 9.17) is 27.9 Å². The Kier molecular flexibility index (Phi) is 7.48. The number of carbonyl (C=O) groups excluding carboxylic acids is 2. The lowest BCUT2D eigenvalue weighted by Crippen LogP contribution is -2.69. The molecule has 2 unspecified atom stereocenters. The van der Waals surface area contributed by atoms with Crippen LogP contribution < -0.4 is 4.74 Å². The average Bonchev–Trinajstić information content (AvgIpc) is 3.73. The Labute approximate surface area is 263 Å². The van der Waals surface area contributed by atoms with Crippen LogP contribution in [0.4, 0.5) is 0 Å². The van der Waals surface area contributed by atoms with Gasteiger partial charge in [-0.25, -0.2) is 0 Å². The van der Waals surface area contributed by atoms with Crippen LogP contribution in [-0.4, -0.2) is 76.1 Å². The molecule has 2 aliphatic heterocycles. The van der Waals surface area contributed by atoms with E-state index in [9.17, 15) is 19.8 Å². The highest BCUT2D eigenvalue weighted by molar-refractivity contribution is 6.42. The summed E-state index contributed by atoms with van der Waals surface area (Å²) in [5.74, 6) is 1.09. The van der Waals surface area contributed by atoms with Gasteiger partial charge in [0, 0.05) is 30.1 Å². The fourth-order valence-electron chi connectivity index (χ4n) is 8.89. The summed E-state index contributed by atoms with van der Waals surface area (Å²) in [4.78, 5) is 31.6. The minimum Gasteiger partial charge on any atom is -0.504 e. The third-order valence-corrected chi connectivity index (χ3v) is 11.5. The largest absolute Gasteiger partial charge is 0.504 e. The van der Waals surface area contributed by atoms with Gasteiger partial charge in [0.25, 0.3) is 0 Å². The van der Waals surface area contributed by atoms with Gasteiger partial charge in [-0.15, -0.1) is 0 Å². The van der Waals surface area contributed by atoms with Crippen molar-refractivity contribution in [3.63, 3.8) is 0 Å². The highest BCUT2D eigenvalue weighted by Crippen LogP contribution is 2.65. The van der Waals surface area contributed by atoms with Crippen molar-refractivity contribution in [3.8, 4) is 11.5 Å². The second-order valence-electron chi connectivity index (χ2n) is 13.9. The van der Waals surface area contributed by atoms with Crippen LogP contribution in [0.5, 0.6) is 11.5 Å². The molecule has 2 saturated carbocycles. The molecule has 3 fully saturated rings. The van der Waals surface area contributed by atoms with Gasteiger partial charge in [-0.1, -0.05) is 43.1 Å². The minimum atomic E-state index is -0.672. The lowest BCUT2D eigenvalue weighted by atomic mass is 9.50. The Bertz CT molecular complexity index is 1480. The third-order valence-electron chi connectivity index (χ3n) is 10.8. The zero-order valence-electron chi connectivity index (χ0n) is 24.8. The number of hydrogen-bond donors (Lipinski definition) is 2. The van der Waals surface area contributed by atoms with E-state index < -0.39 is 12.4 Å². The van der Waals surface area contributed by atoms with Crippen LogP contribution in [0.2, 0.25) is 10.0 Å². The van der Waals surface area contributed by atoms with E-state index in [-0.39, 0.29) is 47.1 Å². The number of likely N-dealkylation sites (tertiary alicyclic amines) is 1. The summed E-state index contributed by atoms with van der Waals surface area (Å²) in [7, 11) is 0.